The zero-order valence-corrected chi connectivity index (χ0v) is 11.3. The summed E-state index contributed by atoms with van der Waals surface area (Å²) in [5.41, 5.74) is 0.963. The second kappa shape index (κ2) is 5.97. The molecular formula is C13H19N3O3. The first-order chi connectivity index (χ1) is 9.11. The average Bonchev–Trinajstić information content (AvgIpc) is 2.95. The van der Waals surface area contributed by atoms with Gasteiger partial charge < -0.3 is 9.47 Å². The maximum absolute atomic E-state index is 11.7. The lowest BCUT2D eigenvalue weighted by Crippen LogP contribution is -2.18. The van der Waals surface area contributed by atoms with E-state index in [0.29, 0.717) is 18.3 Å². The van der Waals surface area contributed by atoms with Crippen molar-refractivity contribution in [2.24, 2.45) is 0 Å². The molecule has 0 N–H and O–H groups in total. The van der Waals surface area contributed by atoms with Crippen LogP contribution in [0.3, 0.4) is 0 Å². The minimum atomic E-state index is -0.468. The van der Waals surface area contributed by atoms with Gasteiger partial charge in [-0.1, -0.05) is 17.9 Å². The topological polar surface area (TPSA) is 66.2 Å². The lowest BCUT2D eigenvalue weighted by Gasteiger charge is -2.11. The van der Waals surface area contributed by atoms with Gasteiger partial charge in [0.15, 0.2) is 5.69 Å². The van der Waals surface area contributed by atoms with Gasteiger partial charge in [0, 0.05) is 0 Å². The Bertz CT molecular complexity index is 470. The van der Waals surface area contributed by atoms with Crippen molar-refractivity contribution in [1.29, 1.82) is 0 Å². The molecule has 0 saturated carbocycles. The van der Waals surface area contributed by atoms with Gasteiger partial charge in [0.1, 0.15) is 6.61 Å². The lowest BCUT2D eigenvalue weighted by molar-refractivity contribution is 0.0428. The molecule has 2 unspecified atom stereocenters. The molecule has 19 heavy (non-hydrogen) atoms. The molecule has 1 aromatic heterocycles. The van der Waals surface area contributed by atoms with E-state index in [4.69, 9.17) is 9.47 Å². The second-order valence-corrected chi connectivity index (χ2v) is 4.74. The Kier molecular flexibility index (Phi) is 4.31. The van der Waals surface area contributed by atoms with Crippen molar-refractivity contribution in [1.82, 2.24) is 15.0 Å². The molecule has 0 aliphatic carbocycles. The summed E-state index contributed by atoms with van der Waals surface area (Å²) in [7, 11) is 0. The molecule has 0 bridgehead atoms. The molecule has 6 heteroatoms. The van der Waals surface area contributed by atoms with E-state index in [2.05, 4.69) is 23.8 Å². The molecule has 2 heterocycles. The van der Waals surface area contributed by atoms with E-state index >= 15 is 0 Å². The van der Waals surface area contributed by atoms with E-state index in [1.165, 1.54) is 6.08 Å². The highest BCUT2D eigenvalue weighted by Crippen LogP contribution is 2.20. The van der Waals surface area contributed by atoms with Crippen LogP contribution in [0.25, 0.3) is 0 Å². The summed E-state index contributed by atoms with van der Waals surface area (Å²) in [6.45, 7) is 8.16. The zero-order chi connectivity index (χ0) is 13.8. The van der Waals surface area contributed by atoms with Gasteiger partial charge in [-0.15, -0.1) is 5.10 Å². The highest BCUT2D eigenvalue weighted by molar-refractivity contribution is 5.88. The van der Waals surface area contributed by atoms with Gasteiger partial charge in [0.05, 0.1) is 24.4 Å². The van der Waals surface area contributed by atoms with E-state index in [-0.39, 0.29) is 18.4 Å². The predicted molar refractivity (Wildman–Crippen MR) is 68.8 cm³/mol. The van der Waals surface area contributed by atoms with Crippen molar-refractivity contribution in [2.45, 2.75) is 45.4 Å². The number of esters is 1. The highest BCUT2D eigenvalue weighted by Gasteiger charge is 2.25. The fourth-order valence-corrected chi connectivity index (χ4v) is 2.14. The predicted octanol–water partition coefficient (Wildman–Crippen LogP) is 1.50. The fourth-order valence-electron chi connectivity index (χ4n) is 2.14. The Morgan fingerprint density at radius 1 is 1.63 bits per heavy atom. The first kappa shape index (κ1) is 13.7. The maximum atomic E-state index is 11.7. The number of nitrogens with zero attached hydrogens (tertiary/aromatic N) is 3. The van der Waals surface area contributed by atoms with Gasteiger partial charge in [-0.25, -0.2) is 9.48 Å². The number of carbonyl (C=O) groups excluding carboxylic acids is 1. The molecule has 2 rings (SSSR count). The van der Waals surface area contributed by atoms with Crippen molar-refractivity contribution in [3.63, 3.8) is 0 Å². The minimum absolute atomic E-state index is 0.146. The van der Waals surface area contributed by atoms with Crippen LogP contribution >= 0.6 is 0 Å². The summed E-state index contributed by atoms with van der Waals surface area (Å²) in [5.74, 6) is -0.468. The quantitative estimate of drug-likeness (QED) is 0.596. The van der Waals surface area contributed by atoms with Crippen molar-refractivity contribution >= 4 is 5.97 Å². The Morgan fingerprint density at radius 2 is 2.42 bits per heavy atom. The van der Waals surface area contributed by atoms with Crippen LogP contribution in [0.5, 0.6) is 0 Å². The van der Waals surface area contributed by atoms with Crippen LogP contribution in [0.2, 0.25) is 0 Å². The van der Waals surface area contributed by atoms with E-state index in [1.807, 2.05) is 6.92 Å². The summed E-state index contributed by atoms with van der Waals surface area (Å²) in [5, 5.41) is 7.87. The smallest absolute Gasteiger partial charge is 0.361 e. The standard InChI is InChI=1S/C13H19N3O3/c1-4-7-18-13(17)12-10(3)16(15-14-12)8-11-6-5-9(2)19-11/h4,9,11H,1,5-8H2,2-3H3. The first-order valence-electron chi connectivity index (χ1n) is 6.45. The monoisotopic (exact) mass is 265 g/mol. The number of ether oxygens (including phenoxy) is 2. The highest BCUT2D eigenvalue weighted by atomic mass is 16.5. The molecule has 0 spiro atoms. The third kappa shape index (κ3) is 3.20. The van der Waals surface area contributed by atoms with E-state index < -0.39 is 5.97 Å². The Morgan fingerprint density at radius 3 is 3.05 bits per heavy atom. The molecule has 2 atom stereocenters. The number of hydrogen-bond acceptors (Lipinski definition) is 5. The van der Waals surface area contributed by atoms with Crippen LogP contribution in [-0.2, 0) is 16.0 Å². The van der Waals surface area contributed by atoms with Gasteiger partial charge in [-0.05, 0) is 26.7 Å². The van der Waals surface area contributed by atoms with E-state index in [9.17, 15) is 4.79 Å². The summed E-state index contributed by atoms with van der Waals surface area (Å²) >= 11 is 0. The maximum Gasteiger partial charge on any atom is 0.361 e. The van der Waals surface area contributed by atoms with Crippen LogP contribution < -0.4 is 0 Å². The number of hydrogen-bond donors (Lipinski definition) is 0. The Balaban J connectivity index is 2.01. The van der Waals surface area contributed by atoms with Gasteiger partial charge >= 0.3 is 5.97 Å². The molecule has 1 aromatic rings. The van der Waals surface area contributed by atoms with Crippen molar-refractivity contribution in [3.05, 3.63) is 24.0 Å². The molecule has 1 aliphatic heterocycles. The second-order valence-electron chi connectivity index (χ2n) is 4.74. The van der Waals surface area contributed by atoms with Crippen molar-refractivity contribution in [2.75, 3.05) is 6.61 Å². The summed E-state index contributed by atoms with van der Waals surface area (Å²) < 4.78 is 12.4. The van der Waals surface area contributed by atoms with E-state index in [0.717, 1.165) is 12.8 Å². The van der Waals surface area contributed by atoms with Crippen LogP contribution in [0, 0.1) is 6.92 Å². The molecule has 1 saturated heterocycles. The van der Waals surface area contributed by atoms with Crippen LogP contribution in [0.4, 0.5) is 0 Å². The van der Waals surface area contributed by atoms with E-state index in [1.54, 1.807) is 4.68 Å². The number of carbonyl (C=O) groups is 1. The molecule has 1 aliphatic rings. The van der Waals surface area contributed by atoms with Gasteiger partial charge in [-0.2, -0.15) is 0 Å². The Hall–Kier alpha value is -1.69. The first-order valence-corrected chi connectivity index (χ1v) is 6.45. The molecule has 0 aromatic carbocycles. The number of rotatable bonds is 5. The normalized spacial score (nSPS) is 22.4. The largest absolute Gasteiger partial charge is 0.457 e. The third-order valence-electron chi connectivity index (χ3n) is 3.20. The summed E-state index contributed by atoms with van der Waals surface area (Å²) in [6.07, 6.45) is 4.03. The molecule has 0 amide bonds. The van der Waals surface area contributed by atoms with Gasteiger partial charge in [0.2, 0.25) is 0 Å². The molecular weight excluding hydrogens is 246 g/mol. The summed E-state index contributed by atoms with van der Waals surface area (Å²) in [4.78, 5) is 11.7. The van der Waals surface area contributed by atoms with Crippen LogP contribution in [0.15, 0.2) is 12.7 Å². The SMILES string of the molecule is C=CCOC(=O)c1nnn(CC2CCC(C)O2)c1C. The number of aromatic nitrogens is 3. The molecule has 0 radical (unpaired) electrons. The van der Waals surface area contributed by atoms with Gasteiger partial charge in [-0.3, -0.25) is 0 Å². The molecule has 104 valence electrons. The Labute approximate surface area is 112 Å². The van der Waals surface area contributed by atoms with Gasteiger partial charge in [0.25, 0.3) is 0 Å². The zero-order valence-electron chi connectivity index (χ0n) is 11.3. The van der Waals surface area contributed by atoms with Crippen LogP contribution in [-0.4, -0.2) is 39.8 Å². The summed E-state index contributed by atoms with van der Waals surface area (Å²) in [6, 6.07) is 0. The molecule has 1 fully saturated rings. The van der Waals surface area contributed by atoms with Crippen molar-refractivity contribution < 1.29 is 14.3 Å². The third-order valence-corrected chi connectivity index (χ3v) is 3.20. The minimum Gasteiger partial charge on any atom is -0.457 e. The lowest BCUT2D eigenvalue weighted by atomic mass is 10.2. The molecule has 6 nitrogen and oxygen atoms in total. The average molecular weight is 265 g/mol. The van der Waals surface area contributed by atoms with Crippen molar-refractivity contribution in [3.8, 4) is 0 Å². The fraction of sp³-hybridized carbons (Fsp3) is 0.615. The van der Waals surface area contributed by atoms with Crippen LogP contribution in [0.1, 0.15) is 35.9 Å².